The van der Waals surface area contributed by atoms with Gasteiger partial charge >= 0.3 is 5.97 Å². The second kappa shape index (κ2) is 4.67. The smallest absolute Gasteiger partial charge is 0.339 e. The molecule has 0 bridgehead atoms. The Kier molecular flexibility index (Phi) is 3.54. The third-order valence-electron chi connectivity index (χ3n) is 1.60. The van der Waals surface area contributed by atoms with Crippen LogP contribution >= 0.6 is 11.6 Å². The minimum Gasteiger partial charge on any atom is -0.503 e. The van der Waals surface area contributed by atoms with Gasteiger partial charge in [-0.05, 0) is 17.7 Å². The molecule has 0 aliphatic rings. The summed E-state index contributed by atoms with van der Waals surface area (Å²) >= 11 is 5.73. The molecule has 3 nitrogen and oxygen atoms in total. The first-order valence-electron chi connectivity index (χ1n) is 3.87. The number of ether oxygens (including phenoxy) is 1. The van der Waals surface area contributed by atoms with Crippen LogP contribution in [0.5, 0.6) is 0 Å². The first kappa shape index (κ1) is 10.6. The average Bonchev–Trinajstić information content (AvgIpc) is 2.13. The Balaban J connectivity index is 3.12. The van der Waals surface area contributed by atoms with Crippen LogP contribution in [0.25, 0.3) is 5.57 Å². The SMILES string of the molecule is CO/C=C(/C(=O)O)c1cccc(Cl)c1. The number of aliphatic carboxylic acids is 1. The zero-order chi connectivity index (χ0) is 10.6. The maximum atomic E-state index is 10.8. The lowest BCUT2D eigenvalue weighted by atomic mass is 10.1. The molecule has 0 heterocycles. The highest BCUT2D eigenvalue weighted by atomic mass is 35.5. The zero-order valence-corrected chi connectivity index (χ0v) is 8.28. The van der Waals surface area contributed by atoms with Crippen molar-refractivity contribution < 1.29 is 14.6 Å². The fourth-order valence-electron chi connectivity index (χ4n) is 1.02. The molecule has 1 aromatic rings. The highest BCUT2D eigenvalue weighted by molar-refractivity contribution is 6.31. The maximum Gasteiger partial charge on any atom is 0.339 e. The molecule has 1 aromatic carbocycles. The van der Waals surface area contributed by atoms with Crippen LogP contribution in [0, 0.1) is 0 Å². The van der Waals surface area contributed by atoms with E-state index in [4.69, 9.17) is 16.7 Å². The summed E-state index contributed by atoms with van der Waals surface area (Å²) < 4.78 is 4.67. The van der Waals surface area contributed by atoms with Gasteiger partial charge in [-0.2, -0.15) is 0 Å². The molecular formula is C10H9ClO3. The Labute approximate surface area is 86.6 Å². The summed E-state index contributed by atoms with van der Waals surface area (Å²) in [6.45, 7) is 0. The molecule has 0 saturated carbocycles. The average molecular weight is 213 g/mol. The number of hydrogen-bond donors (Lipinski definition) is 1. The van der Waals surface area contributed by atoms with E-state index in [2.05, 4.69) is 4.74 Å². The van der Waals surface area contributed by atoms with E-state index in [0.29, 0.717) is 10.6 Å². The summed E-state index contributed by atoms with van der Waals surface area (Å²) in [6.07, 6.45) is 1.17. The highest BCUT2D eigenvalue weighted by Crippen LogP contribution is 2.18. The summed E-state index contributed by atoms with van der Waals surface area (Å²) in [5.74, 6) is -1.05. The predicted molar refractivity (Wildman–Crippen MR) is 54.1 cm³/mol. The molecule has 1 rings (SSSR count). The first-order chi connectivity index (χ1) is 6.65. The molecule has 14 heavy (non-hydrogen) atoms. The fraction of sp³-hybridized carbons (Fsp3) is 0.100. The Morgan fingerprint density at radius 3 is 2.79 bits per heavy atom. The van der Waals surface area contributed by atoms with Gasteiger partial charge in [0.25, 0.3) is 0 Å². The molecule has 4 heteroatoms. The number of hydrogen-bond acceptors (Lipinski definition) is 2. The molecular weight excluding hydrogens is 204 g/mol. The van der Waals surface area contributed by atoms with Crippen LogP contribution in [0.15, 0.2) is 30.5 Å². The van der Waals surface area contributed by atoms with Crippen molar-refractivity contribution >= 4 is 23.1 Å². The van der Waals surface area contributed by atoms with Crippen molar-refractivity contribution in [1.29, 1.82) is 0 Å². The number of methoxy groups -OCH3 is 1. The summed E-state index contributed by atoms with van der Waals surface area (Å²) in [5, 5.41) is 9.35. The van der Waals surface area contributed by atoms with Gasteiger partial charge in [-0.3, -0.25) is 0 Å². The lowest BCUT2D eigenvalue weighted by Gasteiger charge is -2.02. The highest BCUT2D eigenvalue weighted by Gasteiger charge is 2.10. The second-order valence-electron chi connectivity index (χ2n) is 2.58. The van der Waals surface area contributed by atoms with Gasteiger partial charge in [-0.25, -0.2) is 4.79 Å². The molecule has 0 spiro atoms. The van der Waals surface area contributed by atoms with Crippen molar-refractivity contribution in [3.8, 4) is 0 Å². The molecule has 0 aromatic heterocycles. The standard InChI is InChI=1S/C10H9ClO3/c1-14-6-9(10(12)13)7-3-2-4-8(11)5-7/h2-6H,1H3,(H,12,13)/b9-6+. The van der Waals surface area contributed by atoms with Crippen molar-refractivity contribution in [3.05, 3.63) is 41.1 Å². The largest absolute Gasteiger partial charge is 0.503 e. The van der Waals surface area contributed by atoms with Crippen LogP contribution in [0.1, 0.15) is 5.56 Å². The topological polar surface area (TPSA) is 46.5 Å². The molecule has 0 fully saturated rings. The van der Waals surface area contributed by atoms with E-state index < -0.39 is 5.97 Å². The van der Waals surface area contributed by atoms with Crippen LogP contribution in [-0.2, 0) is 9.53 Å². The summed E-state index contributed by atoms with van der Waals surface area (Å²) in [6, 6.07) is 6.59. The number of halogens is 1. The summed E-state index contributed by atoms with van der Waals surface area (Å²) in [4.78, 5) is 10.8. The van der Waals surface area contributed by atoms with Crippen LogP contribution in [0.3, 0.4) is 0 Å². The molecule has 1 N–H and O–H groups in total. The molecule has 0 aliphatic heterocycles. The van der Waals surface area contributed by atoms with Crippen LogP contribution in [0.4, 0.5) is 0 Å². The number of carboxylic acid groups (broad SMARTS) is 1. The molecule has 74 valence electrons. The van der Waals surface area contributed by atoms with Crippen LogP contribution in [0.2, 0.25) is 5.02 Å². The minimum absolute atomic E-state index is 0.0787. The Bertz CT molecular complexity index is 371. The molecule has 0 amide bonds. The van der Waals surface area contributed by atoms with Crippen LogP contribution < -0.4 is 0 Å². The van der Waals surface area contributed by atoms with Crippen molar-refractivity contribution in [2.45, 2.75) is 0 Å². The summed E-state index contributed by atoms with van der Waals surface area (Å²) in [5.41, 5.74) is 0.599. The number of carboxylic acids is 1. The zero-order valence-electron chi connectivity index (χ0n) is 7.53. The number of benzene rings is 1. The van der Waals surface area contributed by atoms with E-state index in [1.165, 1.54) is 13.4 Å². The van der Waals surface area contributed by atoms with Gasteiger partial charge in [0.05, 0.1) is 13.4 Å². The number of carbonyl (C=O) groups is 1. The van der Waals surface area contributed by atoms with Gasteiger partial charge in [0.2, 0.25) is 0 Å². The quantitative estimate of drug-likeness (QED) is 0.618. The van der Waals surface area contributed by atoms with Crippen molar-refractivity contribution in [2.24, 2.45) is 0 Å². The Morgan fingerprint density at radius 1 is 1.57 bits per heavy atom. The van der Waals surface area contributed by atoms with Crippen molar-refractivity contribution in [2.75, 3.05) is 7.11 Å². The first-order valence-corrected chi connectivity index (χ1v) is 4.25. The molecule has 0 radical (unpaired) electrons. The Morgan fingerprint density at radius 2 is 2.29 bits per heavy atom. The van der Waals surface area contributed by atoms with Gasteiger partial charge in [0, 0.05) is 5.02 Å². The monoisotopic (exact) mass is 212 g/mol. The maximum absolute atomic E-state index is 10.8. The van der Waals surface area contributed by atoms with Gasteiger partial charge in [0.15, 0.2) is 0 Å². The van der Waals surface area contributed by atoms with Gasteiger partial charge < -0.3 is 9.84 Å². The van der Waals surface area contributed by atoms with E-state index >= 15 is 0 Å². The van der Waals surface area contributed by atoms with Crippen molar-refractivity contribution in [1.82, 2.24) is 0 Å². The second-order valence-corrected chi connectivity index (χ2v) is 3.02. The van der Waals surface area contributed by atoms with Crippen LogP contribution in [-0.4, -0.2) is 18.2 Å². The molecule has 0 aliphatic carbocycles. The number of rotatable bonds is 3. The third-order valence-corrected chi connectivity index (χ3v) is 1.84. The molecule has 0 atom stereocenters. The Hall–Kier alpha value is -1.48. The minimum atomic E-state index is -1.05. The van der Waals surface area contributed by atoms with E-state index in [0.717, 1.165) is 0 Å². The predicted octanol–water partition coefficient (Wildman–Crippen LogP) is 2.41. The third kappa shape index (κ3) is 2.50. The van der Waals surface area contributed by atoms with E-state index in [1.807, 2.05) is 0 Å². The van der Waals surface area contributed by atoms with Gasteiger partial charge in [-0.1, -0.05) is 23.7 Å². The molecule has 0 saturated heterocycles. The van der Waals surface area contributed by atoms with Crippen molar-refractivity contribution in [3.63, 3.8) is 0 Å². The van der Waals surface area contributed by atoms with Gasteiger partial charge in [-0.15, -0.1) is 0 Å². The lowest BCUT2D eigenvalue weighted by Crippen LogP contribution is -2.00. The van der Waals surface area contributed by atoms with E-state index in [-0.39, 0.29) is 5.57 Å². The van der Waals surface area contributed by atoms with E-state index in [1.54, 1.807) is 24.3 Å². The van der Waals surface area contributed by atoms with E-state index in [9.17, 15) is 4.79 Å². The normalized spacial score (nSPS) is 11.1. The lowest BCUT2D eigenvalue weighted by molar-refractivity contribution is -0.130. The fourth-order valence-corrected chi connectivity index (χ4v) is 1.21. The molecule has 0 unspecified atom stereocenters. The summed E-state index contributed by atoms with van der Waals surface area (Å²) in [7, 11) is 1.40. The van der Waals surface area contributed by atoms with Gasteiger partial charge in [0.1, 0.15) is 5.57 Å².